The molecule has 0 aliphatic carbocycles. The number of hydrazone groups is 1. The molecule has 2 rings (SSSR count). The molecular formula is C12H11ClN4O3. The van der Waals surface area contributed by atoms with Crippen LogP contribution in [0.25, 0.3) is 0 Å². The predicted molar refractivity (Wildman–Crippen MR) is 71.9 cm³/mol. The van der Waals surface area contributed by atoms with Crippen molar-refractivity contribution in [2.75, 3.05) is 0 Å². The van der Waals surface area contributed by atoms with Crippen LogP contribution in [0.2, 0.25) is 5.02 Å². The summed E-state index contributed by atoms with van der Waals surface area (Å²) in [7, 11) is 0. The smallest absolute Gasteiger partial charge is 0.273 e. The normalized spacial score (nSPS) is 14.1. The third-order valence-electron chi connectivity index (χ3n) is 2.56. The zero-order valence-electron chi connectivity index (χ0n) is 10.3. The van der Waals surface area contributed by atoms with Gasteiger partial charge in [0.15, 0.2) is 0 Å². The lowest BCUT2D eigenvalue weighted by Gasteiger charge is -2.12. The molecule has 0 bridgehead atoms. The van der Waals surface area contributed by atoms with Gasteiger partial charge in [-0.1, -0.05) is 11.6 Å². The summed E-state index contributed by atoms with van der Waals surface area (Å²) in [6, 6.07) is 6.20. The van der Waals surface area contributed by atoms with Crippen LogP contribution in [0.3, 0.4) is 0 Å². The number of amides is 3. The van der Waals surface area contributed by atoms with Gasteiger partial charge in [0.1, 0.15) is 5.71 Å². The minimum absolute atomic E-state index is 0.154. The van der Waals surface area contributed by atoms with Crippen LogP contribution in [0.4, 0.5) is 0 Å². The Labute approximate surface area is 119 Å². The minimum atomic E-state index is -0.563. The van der Waals surface area contributed by atoms with Gasteiger partial charge in [-0.25, -0.2) is 5.43 Å². The lowest BCUT2D eigenvalue weighted by Crippen LogP contribution is -2.46. The topological polar surface area (TPSA) is 99.7 Å². The second-order valence-electron chi connectivity index (χ2n) is 4.01. The fourth-order valence-electron chi connectivity index (χ4n) is 1.50. The molecule has 1 heterocycles. The fourth-order valence-corrected chi connectivity index (χ4v) is 1.62. The summed E-state index contributed by atoms with van der Waals surface area (Å²) in [5.41, 5.74) is 7.19. The molecule has 3 N–H and O–H groups in total. The molecule has 8 heteroatoms. The molecule has 3 amide bonds. The highest BCUT2D eigenvalue weighted by molar-refractivity contribution is 6.39. The highest BCUT2D eigenvalue weighted by Crippen LogP contribution is 2.09. The van der Waals surface area contributed by atoms with Crippen LogP contribution in [-0.2, 0) is 9.59 Å². The fraction of sp³-hybridized carbons (Fsp3) is 0.167. The number of carbonyl (C=O) groups excluding carboxylic acids is 3. The summed E-state index contributed by atoms with van der Waals surface area (Å²) in [5.74, 6) is -1.28. The second-order valence-corrected chi connectivity index (χ2v) is 4.45. The first-order valence-electron chi connectivity index (χ1n) is 5.78. The monoisotopic (exact) mass is 294 g/mol. The molecule has 104 valence electrons. The van der Waals surface area contributed by atoms with Gasteiger partial charge in [0, 0.05) is 23.4 Å². The molecule has 0 atom stereocenters. The van der Waals surface area contributed by atoms with E-state index in [9.17, 15) is 14.4 Å². The van der Waals surface area contributed by atoms with Crippen molar-refractivity contribution in [2.45, 2.75) is 12.8 Å². The average molecular weight is 295 g/mol. The second kappa shape index (κ2) is 6.16. The van der Waals surface area contributed by atoms with Crippen LogP contribution in [-0.4, -0.2) is 23.4 Å². The van der Waals surface area contributed by atoms with Gasteiger partial charge in [0.2, 0.25) is 5.91 Å². The standard InChI is InChI=1S/C12H11ClN4O3/c13-8-3-1-7(2-4-8)11(19)16-17-12(20)9-5-6-10(18)15-14-9/h1-4H,5-6H2,(H,15,18)(H,16,19)(H,17,20). The first kappa shape index (κ1) is 14.0. The summed E-state index contributed by atoms with van der Waals surface area (Å²) in [6.07, 6.45) is 0.422. The lowest BCUT2D eigenvalue weighted by atomic mass is 10.2. The first-order chi connectivity index (χ1) is 9.56. The maximum absolute atomic E-state index is 11.7. The summed E-state index contributed by atoms with van der Waals surface area (Å²) >= 11 is 5.71. The number of rotatable bonds is 2. The van der Waals surface area contributed by atoms with Gasteiger partial charge in [0.25, 0.3) is 11.8 Å². The van der Waals surface area contributed by atoms with Crippen LogP contribution in [0, 0.1) is 0 Å². The Bertz CT molecular complexity index is 583. The zero-order chi connectivity index (χ0) is 14.5. The van der Waals surface area contributed by atoms with E-state index >= 15 is 0 Å². The van der Waals surface area contributed by atoms with E-state index in [2.05, 4.69) is 21.4 Å². The van der Waals surface area contributed by atoms with E-state index < -0.39 is 11.8 Å². The Morgan fingerprint density at radius 2 is 1.75 bits per heavy atom. The van der Waals surface area contributed by atoms with Crippen LogP contribution in [0.1, 0.15) is 23.2 Å². The maximum Gasteiger partial charge on any atom is 0.285 e. The number of nitrogens with zero attached hydrogens (tertiary/aromatic N) is 1. The lowest BCUT2D eigenvalue weighted by molar-refractivity contribution is -0.121. The Balaban J connectivity index is 1.88. The molecule has 7 nitrogen and oxygen atoms in total. The quantitative estimate of drug-likeness (QED) is 0.687. The number of carbonyl (C=O) groups is 3. The molecule has 1 aromatic carbocycles. The van der Waals surface area contributed by atoms with Crippen molar-refractivity contribution in [1.82, 2.24) is 16.3 Å². The highest BCUT2D eigenvalue weighted by atomic mass is 35.5. The van der Waals surface area contributed by atoms with Crippen molar-refractivity contribution in [1.29, 1.82) is 0 Å². The van der Waals surface area contributed by atoms with Crippen LogP contribution in [0.15, 0.2) is 29.4 Å². The molecule has 0 saturated heterocycles. The molecular weight excluding hydrogens is 284 g/mol. The number of halogens is 1. The average Bonchev–Trinajstić information content (AvgIpc) is 2.46. The van der Waals surface area contributed by atoms with Crippen molar-refractivity contribution in [3.05, 3.63) is 34.9 Å². The molecule has 0 radical (unpaired) electrons. The molecule has 0 spiro atoms. The van der Waals surface area contributed by atoms with E-state index in [1.54, 1.807) is 12.1 Å². The molecule has 1 aliphatic rings. The summed E-state index contributed by atoms with van der Waals surface area (Å²) in [6.45, 7) is 0. The zero-order valence-corrected chi connectivity index (χ0v) is 11.0. The van der Waals surface area contributed by atoms with Crippen LogP contribution < -0.4 is 16.3 Å². The van der Waals surface area contributed by atoms with Gasteiger partial charge in [-0.3, -0.25) is 25.2 Å². The Morgan fingerprint density at radius 3 is 2.35 bits per heavy atom. The van der Waals surface area contributed by atoms with E-state index in [1.165, 1.54) is 12.1 Å². The third-order valence-corrected chi connectivity index (χ3v) is 2.81. The maximum atomic E-state index is 11.7. The largest absolute Gasteiger partial charge is 0.285 e. The number of hydrazine groups is 1. The van der Waals surface area contributed by atoms with Crippen LogP contribution in [0.5, 0.6) is 0 Å². The van der Waals surface area contributed by atoms with Crippen molar-refractivity contribution < 1.29 is 14.4 Å². The molecule has 1 aromatic rings. The molecule has 0 unspecified atom stereocenters. The summed E-state index contributed by atoms with van der Waals surface area (Å²) in [4.78, 5) is 34.3. The number of hydrogen-bond donors (Lipinski definition) is 3. The Morgan fingerprint density at radius 1 is 1.10 bits per heavy atom. The van der Waals surface area contributed by atoms with Gasteiger partial charge in [-0.15, -0.1) is 0 Å². The molecule has 0 aromatic heterocycles. The van der Waals surface area contributed by atoms with Crippen molar-refractivity contribution in [3.63, 3.8) is 0 Å². The van der Waals surface area contributed by atoms with Gasteiger partial charge < -0.3 is 0 Å². The van der Waals surface area contributed by atoms with Gasteiger partial charge in [0.05, 0.1) is 0 Å². The first-order valence-corrected chi connectivity index (χ1v) is 6.16. The highest BCUT2D eigenvalue weighted by Gasteiger charge is 2.18. The number of nitrogens with one attached hydrogen (secondary N) is 3. The minimum Gasteiger partial charge on any atom is -0.273 e. The molecule has 1 aliphatic heterocycles. The van der Waals surface area contributed by atoms with E-state index in [0.29, 0.717) is 10.6 Å². The molecule has 0 fully saturated rings. The Hall–Kier alpha value is -2.41. The van der Waals surface area contributed by atoms with Gasteiger partial charge >= 0.3 is 0 Å². The number of benzene rings is 1. The Kier molecular flexibility index (Phi) is 4.31. The van der Waals surface area contributed by atoms with E-state index in [0.717, 1.165) is 0 Å². The third kappa shape index (κ3) is 3.55. The van der Waals surface area contributed by atoms with Crippen molar-refractivity contribution in [3.8, 4) is 0 Å². The predicted octanol–water partition coefficient (Wildman–Crippen LogP) is 0.367. The summed E-state index contributed by atoms with van der Waals surface area (Å²) < 4.78 is 0. The number of hydrogen-bond acceptors (Lipinski definition) is 4. The van der Waals surface area contributed by atoms with Crippen LogP contribution >= 0.6 is 11.6 Å². The van der Waals surface area contributed by atoms with E-state index in [1.807, 2.05) is 0 Å². The molecule has 0 saturated carbocycles. The van der Waals surface area contributed by atoms with Gasteiger partial charge in [-0.2, -0.15) is 5.10 Å². The van der Waals surface area contributed by atoms with Gasteiger partial charge in [-0.05, 0) is 24.3 Å². The summed E-state index contributed by atoms with van der Waals surface area (Å²) in [5, 5.41) is 4.12. The van der Waals surface area contributed by atoms with E-state index in [-0.39, 0.29) is 24.5 Å². The van der Waals surface area contributed by atoms with E-state index in [4.69, 9.17) is 11.6 Å². The molecule has 20 heavy (non-hydrogen) atoms. The SMILES string of the molecule is O=C1CCC(C(=O)NNC(=O)c2ccc(Cl)cc2)=NN1. The van der Waals surface area contributed by atoms with Crippen molar-refractivity contribution >= 4 is 35.0 Å². The van der Waals surface area contributed by atoms with Crippen molar-refractivity contribution in [2.24, 2.45) is 5.10 Å².